The van der Waals surface area contributed by atoms with Crippen LogP contribution < -0.4 is 5.73 Å². The van der Waals surface area contributed by atoms with Crippen molar-refractivity contribution in [3.8, 4) is 11.4 Å². The maximum atomic E-state index is 5.87. The van der Waals surface area contributed by atoms with Gasteiger partial charge in [-0.05, 0) is 18.2 Å². The van der Waals surface area contributed by atoms with Crippen LogP contribution in [0, 0.1) is 0 Å². The Balaban J connectivity index is 2.40. The summed E-state index contributed by atoms with van der Waals surface area (Å²) in [6, 6.07) is 5.38. The Bertz CT molecular complexity index is 540. The third-order valence-electron chi connectivity index (χ3n) is 2.45. The van der Waals surface area contributed by atoms with Crippen LogP contribution in [0.15, 0.2) is 18.2 Å². The van der Waals surface area contributed by atoms with Gasteiger partial charge in [-0.2, -0.15) is 5.10 Å². The normalized spacial score (nSPS) is 11.8. The highest BCUT2D eigenvalue weighted by Gasteiger charge is 2.19. The van der Waals surface area contributed by atoms with Gasteiger partial charge < -0.3 is 5.73 Å². The first kappa shape index (κ1) is 11.9. The van der Waals surface area contributed by atoms with Crippen LogP contribution in [0.5, 0.6) is 0 Å². The second kappa shape index (κ2) is 4.04. The number of nitrogens with zero attached hydrogens (tertiary/aromatic N) is 2. The van der Waals surface area contributed by atoms with Gasteiger partial charge in [0.1, 0.15) is 5.82 Å². The number of nitrogens with two attached hydrogens (primary N) is 1. The van der Waals surface area contributed by atoms with Gasteiger partial charge >= 0.3 is 0 Å². The highest BCUT2D eigenvalue weighted by Crippen LogP contribution is 2.26. The number of hydrogen-bond acceptors (Lipinski definition) is 3. The van der Waals surface area contributed by atoms with Crippen LogP contribution in [0.3, 0.4) is 0 Å². The standard InChI is InChI=1S/C12H15ClN4/c1-12(2,3)11-15-10(16-17-11)7-4-5-8(13)9(14)6-7/h4-6H,14H2,1-3H3,(H,15,16,17). The van der Waals surface area contributed by atoms with E-state index in [9.17, 15) is 0 Å². The van der Waals surface area contributed by atoms with Gasteiger partial charge in [0.2, 0.25) is 0 Å². The quantitative estimate of drug-likeness (QED) is 0.765. The zero-order chi connectivity index (χ0) is 12.6. The van der Waals surface area contributed by atoms with Crippen LogP contribution in [0.2, 0.25) is 5.02 Å². The lowest BCUT2D eigenvalue weighted by atomic mass is 9.96. The largest absolute Gasteiger partial charge is 0.398 e. The molecule has 90 valence electrons. The lowest BCUT2D eigenvalue weighted by Gasteiger charge is -2.12. The van der Waals surface area contributed by atoms with E-state index in [2.05, 4.69) is 36.0 Å². The zero-order valence-electron chi connectivity index (χ0n) is 10.1. The minimum absolute atomic E-state index is 0.0524. The number of H-pyrrole nitrogens is 1. The molecule has 4 nitrogen and oxygen atoms in total. The molecular formula is C12H15ClN4. The molecule has 0 saturated heterocycles. The van der Waals surface area contributed by atoms with E-state index in [1.54, 1.807) is 12.1 Å². The molecule has 3 N–H and O–H groups in total. The molecule has 0 fully saturated rings. The molecule has 1 aromatic heterocycles. The molecule has 0 bridgehead atoms. The molecule has 0 radical (unpaired) electrons. The van der Waals surface area contributed by atoms with Crippen LogP contribution in [0.4, 0.5) is 5.69 Å². The fourth-order valence-corrected chi connectivity index (χ4v) is 1.53. The predicted octanol–water partition coefficient (Wildman–Crippen LogP) is 3.00. The monoisotopic (exact) mass is 250 g/mol. The van der Waals surface area contributed by atoms with Crippen molar-refractivity contribution < 1.29 is 0 Å². The average Bonchev–Trinajstić information content (AvgIpc) is 2.70. The minimum Gasteiger partial charge on any atom is -0.398 e. The number of halogens is 1. The second-order valence-electron chi connectivity index (χ2n) is 4.99. The van der Waals surface area contributed by atoms with Crippen molar-refractivity contribution in [1.82, 2.24) is 15.2 Å². The van der Waals surface area contributed by atoms with Gasteiger partial charge in [-0.3, -0.25) is 5.10 Å². The molecule has 0 spiro atoms. The average molecular weight is 251 g/mol. The summed E-state index contributed by atoms with van der Waals surface area (Å²) in [4.78, 5) is 4.46. The second-order valence-corrected chi connectivity index (χ2v) is 5.40. The lowest BCUT2D eigenvalue weighted by Crippen LogP contribution is -2.13. The molecule has 2 aromatic rings. The molecule has 17 heavy (non-hydrogen) atoms. The fraction of sp³-hybridized carbons (Fsp3) is 0.333. The molecule has 0 aliphatic carbocycles. The first-order valence-corrected chi connectivity index (χ1v) is 5.74. The number of nitrogens with one attached hydrogen (secondary N) is 1. The third kappa shape index (κ3) is 2.42. The number of anilines is 1. The van der Waals surface area contributed by atoms with Crippen molar-refractivity contribution in [3.05, 3.63) is 29.0 Å². The molecule has 0 aliphatic heterocycles. The van der Waals surface area contributed by atoms with Crippen molar-refractivity contribution >= 4 is 17.3 Å². The summed E-state index contributed by atoms with van der Waals surface area (Å²) in [6.07, 6.45) is 0. The number of aromatic amines is 1. The Hall–Kier alpha value is -1.55. The molecule has 5 heteroatoms. The van der Waals surface area contributed by atoms with Crippen molar-refractivity contribution in [3.63, 3.8) is 0 Å². The van der Waals surface area contributed by atoms with E-state index in [1.165, 1.54) is 0 Å². The Morgan fingerprint density at radius 3 is 2.53 bits per heavy atom. The van der Waals surface area contributed by atoms with Crippen molar-refractivity contribution in [2.75, 3.05) is 5.73 Å². The van der Waals surface area contributed by atoms with Crippen LogP contribution in [0.25, 0.3) is 11.4 Å². The summed E-state index contributed by atoms with van der Waals surface area (Å²) in [5.41, 5.74) is 7.09. The van der Waals surface area contributed by atoms with Crippen LogP contribution >= 0.6 is 11.6 Å². The first-order valence-electron chi connectivity index (χ1n) is 5.36. The zero-order valence-corrected chi connectivity index (χ0v) is 10.8. The van der Waals surface area contributed by atoms with E-state index < -0.39 is 0 Å². The molecule has 0 amide bonds. The predicted molar refractivity (Wildman–Crippen MR) is 69.9 cm³/mol. The van der Waals surface area contributed by atoms with Gasteiger partial charge in [0.15, 0.2) is 5.82 Å². The minimum atomic E-state index is -0.0524. The van der Waals surface area contributed by atoms with Gasteiger partial charge in [-0.15, -0.1) is 0 Å². The number of aromatic nitrogens is 3. The Morgan fingerprint density at radius 1 is 1.29 bits per heavy atom. The number of nitrogen functional groups attached to an aromatic ring is 1. The highest BCUT2D eigenvalue weighted by atomic mass is 35.5. The van der Waals surface area contributed by atoms with E-state index in [0.29, 0.717) is 16.5 Å². The van der Waals surface area contributed by atoms with Crippen LogP contribution in [0.1, 0.15) is 26.6 Å². The van der Waals surface area contributed by atoms with Gasteiger partial charge in [-0.1, -0.05) is 32.4 Å². The van der Waals surface area contributed by atoms with Crippen molar-refractivity contribution in [1.29, 1.82) is 0 Å². The summed E-state index contributed by atoms with van der Waals surface area (Å²) in [7, 11) is 0. The third-order valence-corrected chi connectivity index (χ3v) is 2.79. The maximum Gasteiger partial charge on any atom is 0.181 e. The summed E-state index contributed by atoms with van der Waals surface area (Å²) in [6.45, 7) is 6.23. The summed E-state index contributed by atoms with van der Waals surface area (Å²) >= 11 is 5.87. The molecule has 2 rings (SSSR count). The molecule has 1 aromatic carbocycles. The molecule has 0 unspecified atom stereocenters. The van der Waals surface area contributed by atoms with Gasteiger partial charge in [-0.25, -0.2) is 4.98 Å². The van der Waals surface area contributed by atoms with Crippen LogP contribution in [-0.4, -0.2) is 15.2 Å². The molecule has 0 aliphatic rings. The van der Waals surface area contributed by atoms with E-state index in [-0.39, 0.29) is 5.41 Å². The molecule has 1 heterocycles. The summed E-state index contributed by atoms with van der Waals surface area (Å²) < 4.78 is 0. The Kier molecular flexibility index (Phi) is 2.83. The van der Waals surface area contributed by atoms with Crippen molar-refractivity contribution in [2.24, 2.45) is 0 Å². The molecule has 0 saturated carbocycles. The summed E-state index contributed by atoms with van der Waals surface area (Å²) in [5.74, 6) is 1.49. The fourth-order valence-electron chi connectivity index (χ4n) is 1.41. The Morgan fingerprint density at radius 2 is 2.00 bits per heavy atom. The number of rotatable bonds is 1. The van der Waals surface area contributed by atoms with E-state index >= 15 is 0 Å². The summed E-state index contributed by atoms with van der Waals surface area (Å²) in [5, 5.41) is 7.67. The number of hydrogen-bond donors (Lipinski definition) is 2. The molecule has 0 atom stereocenters. The molecular weight excluding hydrogens is 236 g/mol. The van der Waals surface area contributed by atoms with E-state index in [1.807, 2.05) is 6.07 Å². The van der Waals surface area contributed by atoms with Crippen LogP contribution in [-0.2, 0) is 5.41 Å². The Labute approximate surface area is 105 Å². The SMILES string of the molecule is CC(C)(C)c1nc(-c2ccc(Cl)c(N)c2)n[nH]1. The smallest absolute Gasteiger partial charge is 0.181 e. The highest BCUT2D eigenvalue weighted by molar-refractivity contribution is 6.33. The first-order chi connectivity index (χ1) is 7.88. The maximum absolute atomic E-state index is 5.87. The lowest BCUT2D eigenvalue weighted by molar-refractivity contribution is 0.548. The van der Waals surface area contributed by atoms with Gasteiger partial charge in [0.25, 0.3) is 0 Å². The number of benzene rings is 1. The van der Waals surface area contributed by atoms with Gasteiger partial charge in [0, 0.05) is 11.0 Å². The van der Waals surface area contributed by atoms with Gasteiger partial charge in [0.05, 0.1) is 10.7 Å². The van der Waals surface area contributed by atoms with E-state index in [4.69, 9.17) is 17.3 Å². The van der Waals surface area contributed by atoms with Crippen molar-refractivity contribution in [2.45, 2.75) is 26.2 Å². The van der Waals surface area contributed by atoms with E-state index in [0.717, 1.165) is 11.4 Å². The topological polar surface area (TPSA) is 67.6 Å².